The molecule has 0 N–H and O–H groups in total. The number of rotatable bonds is 5. The molecule has 1 saturated heterocycles. The van der Waals surface area contributed by atoms with Gasteiger partial charge in [-0.15, -0.1) is 0 Å². The number of methoxy groups -OCH3 is 1. The van der Waals surface area contributed by atoms with Crippen molar-refractivity contribution in [2.45, 2.75) is 37.7 Å². The lowest BCUT2D eigenvalue weighted by Gasteiger charge is -2.31. The molecular weight excluding hydrogens is 354 g/mol. The van der Waals surface area contributed by atoms with Crippen molar-refractivity contribution >= 4 is 10.0 Å². The first-order valence-electron chi connectivity index (χ1n) is 8.51. The summed E-state index contributed by atoms with van der Waals surface area (Å²) in [5.74, 6) is 0.379. The van der Waals surface area contributed by atoms with E-state index >= 15 is 0 Å². The Morgan fingerprint density at radius 2 is 1.69 bits per heavy atom. The summed E-state index contributed by atoms with van der Waals surface area (Å²) in [6.45, 7) is 4.60. The highest BCUT2D eigenvalue weighted by molar-refractivity contribution is 7.89. The van der Waals surface area contributed by atoms with Crippen LogP contribution in [0.15, 0.2) is 35.5 Å². The van der Waals surface area contributed by atoms with Gasteiger partial charge in [-0.05, 0) is 56.0 Å². The number of aromatic nitrogens is 2. The first kappa shape index (κ1) is 18.6. The molecule has 0 atom stereocenters. The maximum Gasteiger partial charge on any atom is 0.316 e. The third kappa shape index (κ3) is 3.81. The number of hydrogen-bond acceptors (Lipinski definition) is 6. The lowest BCUT2D eigenvalue weighted by molar-refractivity contribution is 0.124. The molecular formula is C18H23N3O4S. The summed E-state index contributed by atoms with van der Waals surface area (Å²) in [6, 6.07) is 5.50. The van der Waals surface area contributed by atoms with E-state index in [1.54, 1.807) is 30.6 Å². The molecule has 0 amide bonds. The number of piperidine rings is 1. The summed E-state index contributed by atoms with van der Waals surface area (Å²) in [5.41, 5.74) is 1.92. The topological polar surface area (TPSA) is 81.6 Å². The summed E-state index contributed by atoms with van der Waals surface area (Å²) >= 11 is 0. The minimum atomic E-state index is -3.62. The van der Waals surface area contributed by atoms with Gasteiger partial charge in [0.05, 0.1) is 7.11 Å². The Kier molecular flexibility index (Phi) is 5.43. The van der Waals surface area contributed by atoms with E-state index in [2.05, 4.69) is 9.97 Å². The van der Waals surface area contributed by atoms with Crippen molar-refractivity contribution in [3.05, 3.63) is 41.7 Å². The van der Waals surface area contributed by atoms with E-state index in [1.165, 1.54) is 11.4 Å². The van der Waals surface area contributed by atoms with Crippen molar-refractivity contribution < 1.29 is 17.9 Å². The number of sulfonamides is 1. The standard InChI is InChI=1S/C18H23N3O4S/c1-13-11-16(24-3)17(12-14(13)2)26(22,23)21-9-5-15(6-10-21)25-18-19-7-4-8-20-18/h4,7-8,11-12,15H,5-6,9-10H2,1-3H3. The van der Waals surface area contributed by atoms with E-state index in [-0.39, 0.29) is 11.0 Å². The van der Waals surface area contributed by atoms with Crippen LogP contribution in [0.3, 0.4) is 0 Å². The number of aryl methyl sites for hydroxylation is 2. The molecule has 1 aliphatic rings. The van der Waals surface area contributed by atoms with E-state index in [9.17, 15) is 8.42 Å². The molecule has 0 aliphatic carbocycles. The maximum atomic E-state index is 13.1. The Morgan fingerprint density at radius 3 is 2.31 bits per heavy atom. The third-order valence-electron chi connectivity index (χ3n) is 4.61. The molecule has 1 aromatic carbocycles. The molecule has 0 saturated carbocycles. The lowest BCUT2D eigenvalue weighted by Crippen LogP contribution is -2.42. The summed E-state index contributed by atoms with van der Waals surface area (Å²) in [5, 5.41) is 0. The van der Waals surface area contributed by atoms with Crippen LogP contribution < -0.4 is 9.47 Å². The van der Waals surface area contributed by atoms with Crippen molar-refractivity contribution in [2.24, 2.45) is 0 Å². The summed E-state index contributed by atoms with van der Waals surface area (Å²) in [6.07, 6.45) is 4.32. The monoisotopic (exact) mass is 377 g/mol. The minimum absolute atomic E-state index is 0.0921. The molecule has 3 rings (SSSR count). The number of ether oxygens (including phenoxy) is 2. The Hall–Kier alpha value is -2.19. The SMILES string of the molecule is COc1cc(C)c(C)cc1S(=O)(=O)N1CCC(Oc2ncccn2)CC1. The second-order valence-corrected chi connectivity index (χ2v) is 8.25. The fourth-order valence-electron chi connectivity index (χ4n) is 2.95. The second kappa shape index (κ2) is 7.59. The van der Waals surface area contributed by atoms with E-state index in [0.29, 0.717) is 37.7 Å². The minimum Gasteiger partial charge on any atom is -0.495 e. The Morgan fingerprint density at radius 1 is 1.08 bits per heavy atom. The van der Waals surface area contributed by atoms with Gasteiger partial charge in [0.1, 0.15) is 16.7 Å². The van der Waals surface area contributed by atoms with Crippen LogP contribution in [0.1, 0.15) is 24.0 Å². The Labute approximate surface area is 154 Å². The Bertz CT molecular complexity index is 864. The molecule has 2 aromatic rings. The molecule has 1 aromatic heterocycles. The van der Waals surface area contributed by atoms with Crippen LogP contribution in [0, 0.1) is 13.8 Å². The zero-order valence-electron chi connectivity index (χ0n) is 15.2. The fourth-order valence-corrected chi connectivity index (χ4v) is 4.64. The van der Waals surface area contributed by atoms with Crippen LogP contribution in [0.25, 0.3) is 0 Å². The zero-order chi connectivity index (χ0) is 18.7. The van der Waals surface area contributed by atoms with E-state index in [4.69, 9.17) is 9.47 Å². The molecule has 1 aliphatic heterocycles. The second-order valence-electron chi connectivity index (χ2n) is 6.34. The predicted molar refractivity (Wildman–Crippen MR) is 96.9 cm³/mol. The molecule has 1 fully saturated rings. The van der Waals surface area contributed by atoms with Crippen molar-refractivity contribution in [2.75, 3.05) is 20.2 Å². The summed E-state index contributed by atoms with van der Waals surface area (Å²) in [7, 11) is -2.13. The van der Waals surface area contributed by atoms with Gasteiger partial charge >= 0.3 is 6.01 Å². The van der Waals surface area contributed by atoms with E-state index < -0.39 is 10.0 Å². The largest absolute Gasteiger partial charge is 0.495 e. The average Bonchev–Trinajstić information content (AvgIpc) is 2.65. The van der Waals surface area contributed by atoms with Crippen molar-refractivity contribution in [1.29, 1.82) is 0 Å². The number of nitrogens with zero attached hydrogens (tertiary/aromatic N) is 3. The van der Waals surface area contributed by atoms with Crippen molar-refractivity contribution in [3.63, 3.8) is 0 Å². The number of benzene rings is 1. The van der Waals surface area contributed by atoms with E-state index in [1.807, 2.05) is 13.8 Å². The van der Waals surface area contributed by atoms with Crippen LogP contribution in [-0.2, 0) is 10.0 Å². The molecule has 2 heterocycles. The van der Waals surface area contributed by atoms with Crippen LogP contribution in [0.2, 0.25) is 0 Å². The fraction of sp³-hybridized carbons (Fsp3) is 0.444. The Balaban J connectivity index is 1.73. The maximum absolute atomic E-state index is 13.1. The van der Waals surface area contributed by atoms with Gasteiger partial charge in [-0.3, -0.25) is 0 Å². The van der Waals surface area contributed by atoms with E-state index in [0.717, 1.165) is 11.1 Å². The predicted octanol–water partition coefficient (Wildman–Crippen LogP) is 2.33. The molecule has 0 radical (unpaired) electrons. The van der Waals surface area contributed by atoms with Crippen molar-refractivity contribution in [1.82, 2.24) is 14.3 Å². The molecule has 26 heavy (non-hydrogen) atoms. The zero-order valence-corrected chi connectivity index (χ0v) is 16.0. The molecule has 140 valence electrons. The van der Waals surface area contributed by atoms with Crippen LogP contribution in [0.5, 0.6) is 11.8 Å². The third-order valence-corrected chi connectivity index (χ3v) is 6.53. The number of hydrogen-bond donors (Lipinski definition) is 0. The average molecular weight is 377 g/mol. The summed E-state index contributed by atoms with van der Waals surface area (Å²) in [4.78, 5) is 8.31. The van der Waals surface area contributed by atoms with Crippen LogP contribution in [0.4, 0.5) is 0 Å². The molecule has 0 spiro atoms. The van der Waals surface area contributed by atoms with Gasteiger partial charge in [0.25, 0.3) is 0 Å². The summed E-state index contributed by atoms with van der Waals surface area (Å²) < 4.78 is 38.7. The van der Waals surface area contributed by atoms with Crippen molar-refractivity contribution in [3.8, 4) is 11.8 Å². The quantitative estimate of drug-likeness (QED) is 0.795. The smallest absolute Gasteiger partial charge is 0.316 e. The highest BCUT2D eigenvalue weighted by Crippen LogP contribution is 2.31. The molecule has 8 heteroatoms. The van der Waals surface area contributed by atoms with Crippen LogP contribution in [-0.4, -0.2) is 49.0 Å². The highest BCUT2D eigenvalue weighted by atomic mass is 32.2. The van der Waals surface area contributed by atoms with Gasteiger partial charge in [0, 0.05) is 25.5 Å². The molecule has 7 nitrogen and oxygen atoms in total. The first-order chi connectivity index (χ1) is 12.4. The van der Waals surface area contributed by atoms with Gasteiger partial charge in [0.15, 0.2) is 0 Å². The first-order valence-corrected chi connectivity index (χ1v) is 9.95. The van der Waals surface area contributed by atoms with Gasteiger partial charge < -0.3 is 9.47 Å². The van der Waals surface area contributed by atoms with Gasteiger partial charge in [-0.1, -0.05) is 0 Å². The molecule has 0 bridgehead atoms. The van der Waals surface area contributed by atoms with Gasteiger partial charge in [-0.25, -0.2) is 18.4 Å². The lowest BCUT2D eigenvalue weighted by atomic mass is 10.1. The normalized spacial score (nSPS) is 16.4. The van der Waals surface area contributed by atoms with Crippen LogP contribution >= 0.6 is 0 Å². The highest BCUT2D eigenvalue weighted by Gasteiger charge is 2.32. The van der Waals surface area contributed by atoms with Gasteiger partial charge in [0.2, 0.25) is 10.0 Å². The molecule has 0 unspecified atom stereocenters. The van der Waals surface area contributed by atoms with Gasteiger partial charge in [-0.2, -0.15) is 4.31 Å².